The zero-order valence-electron chi connectivity index (χ0n) is 11.3. The molecule has 110 valence electrons. The molecule has 0 bridgehead atoms. The lowest BCUT2D eigenvalue weighted by Crippen LogP contribution is -2.36. The average Bonchev–Trinajstić information content (AvgIpc) is 2.45. The van der Waals surface area contributed by atoms with E-state index in [2.05, 4.69) is 6.58 Å². The van der Waals surface area contributed by atoms with Gasteiger partial charge in [-0.2, -0.15) is 0 Å². The number of hydrogen-bond donors (Lipinski definition) is 1. The number of nitrogens with zero attached hydrogens (tertiary/aromatic N) is 2. The molecule has 0 unspecified atom stereocenters. The van der Waals surface area contributed by atoms with Crippen molar-refractivity contribution in [3.8, 4) is 0 Å². The molecule has 0 heterocycles. The Balaban J connectivity index is 3.19. The quantitative estimate of drug-likeness (QED) is 0.297. The number of nitro groups is 1. The summed E-state index contributed by atoms with van der Waals surface area (Å²) in [4.78, 5) is 22.4. The van der Waals surface area contributed by atoms with Crippen LogP contribution >= 0.6 is 11.6 Å². The first-order valence-corrected chi connectivity index (χ1v) is 6.28. The number of allylic oxidation sites excluding steroid dienone is 4. The fourth-order valence-electron chi connectivity index (χ4n) is 1.55. The van der Waals surface area contributed by atoms with Gasteiger partial charge in [0, 0.05) is 11.6 Å². The Bertz CT molecular complexity index is 638. The second-order valence-electron chi connectivity index (χ2n) is 3.93. The Morgan fingerprint density at radius 3 is 2.71 bits per heavy atom. The normalized spacial score (nSPS) is 11.5. The SMILES string of the molecule is C=C/C=C(\C=C/C)N(N)C(=O)c1ccc(Cl)c([N+](=O)[O-])c1. The molecule has 1 amide bonds. The molecule has 0 aliphatic carbocycles. The van der Waals surface area contributed by atoms with Crippen LogP contribution in [0.25, 0.3) is 0 Å². The Hall–Kier alpha value is -2.44. The van der Waals surface area contributed by atoms with E-state index in [0.29, 0.717) is 5.70 Å². The molecule has 2 N–H and O–H groups in total. The summed E-state index contributed by atoms with van der Waals surface area (Å²) in [6, 6.07) is 3.75. The average molecular weight is 308 g/mol. The first-order chi connectivity index (χ1) is 9.92. The summed E-state index contributed by atoms with van der Waals surface area (Å²) in [5.74, 6) is 5.15. The largest absolute Gasteiger partial charge is 0.288 e. The van der Waals surface area contributed by atoms with Crippen molar-refractivity contribution in [2.24, 2.45) is 5.84 Å². The van der Waals surface area contributed by atoms with Gasteiger partial charge in [0.2, 0.25) is 0 Å². The Kier molecular flexibility index (Phi) is 5.83. The van der Waals surface area contributed by atoms with Crippen molar-refractivity contribution in [2.45, 2.75) is 6.92 Å². The lowest BCUT2D eigenvalue weighted by Gasteiger charge is -2.17. The van der Waals surface area contributed by atoms with Gasteiger partial charge in [-0.05, 0) is 31.2 Å². The number of nitro benzene ring substituents is 1. The first-order valence-electron chi connectivity index (χ1n) is 5.90. The Labute approximate surface area is 126 Å². The van der Waals surface area contributed by atoms with E-state index in [1.54, 1.807) is 25.2 Å². The lowest BCUT2D eigenvalue weighted by molar-refractivity contribution is -0.384. The minimum Gasteiger partial charge on any atom is -0.267 e. The molecule has 0 aliphatic rings. The monoisotopic (exact) mass is 307 g/mol. The maximum atomic E-state index is 12.2. The number of amides is 1. The van der Waals surface area contributed by atoms with Gasteiger partial charge in [0.15, 0.2) is 0 Å². The van der Waals surface area contributed by atoms with Crippen LogP contribution in [-0.2, 0) is 0 Å². The van der Waals surface area contributed by atoms with Gasteiger partial charge < -0.3 is 0 Å². The maximum absolute atomic E-state index is 12.2. The van der Waals surface area contributed by atoms with Crippen LogP contribution < -0.4 is 5.84 Å². The molecule has 0 fully saturated rings. The third kappa shape index (κ3) is 4.01. The molecule has 1 aromatic rings. The molecule has 0 aliphatic heterocycles. The number of halogens is 1. The van der Waals surface area contributed by atoms with Gasteiger partial charge in [0.1, 0.15) is 5.02 Å². The van der Waals surface area contributed by atoms with Gasteiger partial charge in [-0.25, -0.2) is 10.9 Å². The van der Waals surface area contributed by atoms with Crippen LogP contribution in [-0.4, -0.2) is 15.8 Å². The highest BCUT2D eigenvalue weighted by atomic mass is 35.5. The molecule has 0 radical (unpaired) electrons. The van der Waals surface area contributed by atoms with Crippen molar-refractivity contribution in [1.82, 2.24) is 5.01 Å². The van der Waals surface area contributed by atoms with Crippen LogP contribution in [0.2, 0.25) is 5.02 Å². The van der Waals surface area contributed by atoms with E-state index < -0.39 is 10.8 Å². The van der Waals surface area contributed by atoms with Crippen LogP contribution in [0.4, 0.5) is 5.69 Å². The van der Waals surface area contributed by atoms with Crippen molar-refractivity contribution in [2.75, 3.05) is 0 Å². The summed E-state index contributed by atoms with van der Waals surface area (Å²) in [6.07, 6.45) is 6.34. The standard InChI is InChI=1S/C14H14ClN3O3/c1-3-5-11(6-4-2)17(16)14(19)10-7-8-12(15)13(9-10)18(20)21/h3-9H,1,16H2,2H3/b6-4-,11-5+. The molecule has 1 aromatic carbocycles. The summed E-state index contributed by atoms with van der Waals surface area (Å²) in [7, 11) is 0. The number of carbonyl (C=O) groups excluding carboxylic acids is 1. The van der Waals surface area contributed by atoms with Crippen LogP contribution in [0.3, 0.4) is 0 Å². The highest BCUT2D eigenvalue weighted by Gasteiger charge is 2.20. The van der Waals surface area contributed by atoms with Crippen molar-refractivity contribution < 1.29 is 9.72 Å². The number of nitrogens with two attached hydrogens (primary N) is 1. The number of rotatable bonds is 5. The lowest BCUT2D eigenvalue weighted by atomic mass is 10.1. The number of carbonyl (C=O) groups is 1. The minimum absolute atomic E-state index is 0.0459. The molecular weight excluding hydrogens is 294 g/mol. The minimum atomic E-state index is -0.660. The van der Waals surface area contributed by atoms with E-state index in [-0.39, 0.29) is 16.3 Å². The van der Waals surface area contributed by atoms with Gasteiger partial charge >= 0.3 is 0 Å². The Morgan fingerprint density at radius 2 is 2.19 bits per heavy atom. The molecule has 1 rings (SSSR count). The van der Waals surface area contributed by atoms with Crippen molar-refractivity contribution >= 4 is 23.2 Å². The molecule has 0 saturated heterocycles. The fraction of sp³-hybridized carbons (Fsp3) is 0.0714. The molecule has 0 atom stereocenters. The van der Waals surface area contributed by atoms with Gasteiger partial charge in [-0.15, -0.1) is 0 Å². The molecular formula is C14H14ClN3O3. The second-order valence-corrected chi connectivity index (χ2v) is 4.33. The van der Waals surface area contributed by atoms with Crippen molar-refractivity contribution in [3.05, 3.63) is 75.5 Å². The van der Waals surface area contributed by atoms with Crippen LogP contribution in [0.1, 0.15) is 17.3 Å². The molecule has 6 nitrogen and oxygen atoms in total. The van der Waals surface area contributed by atoms with Crippen molar-refractivity contribution in [1.29, 1.82) is 0 Å². The van der Waals surface area contributed by atoms with Crippen LogP contribution in [0.15, 0.2) is 54.8 Å². The summed E-state index contributed by atoms with van der Waals surface area (Å²) in [5.41, 5.74) is 0.111. The zero-order valence-corrected chi connectivity index (χ0v) is 12.1. The molecule has 0 aromatic heterocycles. The zero-order chi connectivity index (χ0) is 16.0. The highest BCUT2D eigenvalue weighted by Crippen LogP contribution is 2.25. The van der Waals surface area contributed by atoms with Crippen LogP contribution in [0, 0.1) is 10.1 Å². The summed E-state index contributed by atoms with van der Waals surface area (Å²) < 4.78 is 0. The van der Waals surface area contributed by atoms with Crippen LogP contribution in [0.5, 0.6) is 0 Å². The first kappa shape index (κ1) is 16.6. The van der Waals surface area contributed by atoms with E-state index in [9.17, 15) is 14.9 Å². The predicted octanol–water partition coefficient (Wildman–Crippen LogP) is 3.21. The Morgan fingerprint density at radius 1 is 1.52 bits per heavy atom. The third-order valence-corrected chi connectivity index (χ3v) is 2.83. The van der Waals surface area contributed by atoms with E-state index in [0.717, 1.165) is 11.1 Å². The third-order valence-electron chi connectivity index (χ3n) is 2.51. The molecule has 21 heavy (non-hydrogen) atoms. The number of benzene rings is 1. The van der Waals surface area contributed by atoms with Gasteiger partial charge in [0.25, 0.3) is 11.6 Å². The van der Waals surface area contributed by atoms with Gasteiger partial charge in [-0.3, -0.25) is 14.9 Å². The summed E-state index contributed by atoms with van der Waals surface area (Å²) in [6.45, 7) is 5.30. The predicted molar refractivity (Wildman–Crippen MR) is 81.6 cm³/mol. The van der Waals surface area contributed by atoms with Gasteiger partial charge in [-0.1, -0.05) is 30.3 Å². The van der Waals surface area contributed by atoms with E-state index in [4.69, 9.17) is 17.4 Å². The van der Waals surface area contributed by atoms with E-state index >= 15 is 0 Å². The summed E-state index contributed by atoms with van der Waals surface area (Å²) >= 11 is 5.70. The molecule has 0 spiro atoms. The second kappa shape index (κ2) is 7.37. The molecule has 0 saturated carbocycles. The maximum Gasteiger partial charge on any atom is 0.288 e. The summed E-state index contributed by atoms with van der Waals surface area (Å²) in [5, 5.41) is 11.7. The fourth-order valence-corrected chi connectivity index (χ4v) is 1.74. The van der Waals surface area contributed by atoms with E-state index in [1.165, 1.54) is 18.2 Å². The van der Waals surface area contributed by atoms with Gasteiger partial charge in [0.05, 0.1) is 10.6 Å². The smallest absolute Gasteiger partial charge is 0.267 e. The van der Waals surface area contributed by atoms with Crippen molar-refractivity contribution in [3.63, 3.8) is 0 Å². The number of hydrogen-bond acceptors (Lipinski definition) is 4. The highest BCUT2D eigenvalue weighted by molar-refractivity contribution is 6.32. The molecule has 7 heteroatoms. The van der Waals surface area contributed by atoms with E-state index in [1.807, 2.05) is 0 Å². The number of hydrazine groups is 1. The topological polar surface area (TPSA) is 89.5 Å².